The van der Waals surface area contributed by atoms with Crippen molar-refractivity contribution in [3.63, 3.8) is 0 Å². The highest BCUT2D eigenvalue weighted by Gasteiger charge is 2.44. The molecule has 5 nitrogen and oxygen atoms in total. The predicted molar refractivity (Wildman–Crippen MR) is 126 cm³/mol. The van der Waals surface area contributed by atoms with Crippen LogP contribution in [-0.2, 0) is 4.79 Å². The van der Waals surface area contributed by atoms with Gasteiger partial charge in [0.05, 0.1) is 18.4 Å². The fourth-order valence-corrected chi connectivity index (χ4v) is 4.88. The Morgan fingerprint density at radius 2 is 1.77 bits per heavy atom. The summed E-state index contributed by atoms with van der Waals surface area (Å²) >= 11 is 7.38. The second-order valence-electron chi connectivity index (χ2n) is 7.63. The van der Waals surface area contributed by atoms with Crippen LogP contribution in [0, 0.1) is 19.8 Å². The summed E-state index contributed by atoms with van der Waals surface area (Å²) < 4.78 is 5.32. The lowest BCUT2D eigenvalue weighted by Gasteiger charge is -2.11. The number of carbonyl (C=O) groups excluding carboxylic acids is 2. The van der Waals surface area contributed by atoms with Gasteiger partial charge in [0.1, 0.15) is 10.8 Å². The molecule has 7 heteroatoms. The summed E-state index contributed by atoms with van der Waals surface area (Å²) in [5.74, 6) is 0.327. The molecule has 2 N–H and O–H groups in total. The highest BCUT2D eigenvalue weighted by atomic mass is 35.5. The van der Waals surface area contributed by atoms with E-state index in [1.807, 2.05) is 50.2 Å². The highest BCUT2D eigenvalue weighted by Crippen LogP contribution is 2.48. The number of amides is 2. The molecule has 3 aromatic rings. The SMILES string of the molecule is COc1ccccc1NC(=O)c1c(NC(=O)[C@H]2C[C@@H]2c2ccc(Cl)cc2)sc(C)c1C. The van der Waals surface area contributed by atoms with Gasteiger partial charge in [-0.1, -0.05) is 35.9 Å². The molecular weight excluding hydrogens is 432 g/mol. The van der Waals surface area contributed by atoms with Crippen LogP contribution in [0.1, 0.15) is 38.7 Å². The van der Waals surface area contributed by atoms with Gasteiger partial charge in [0.2, 0.25) is 5.91 Å². The summed E-state index contributed by atoms with van der Waals surface area (Å²) in [6.45, 7) is 3.84. The zero-order valence-electron chi connectivity index (χ0n) is 17.5. The molecule has 0 spiro atoms. The van der Waals surface area contributed by atoms with Crippen molar-refractivity contribution in [1.29, 1.82) is 0 Å². The van der Waals surface area contributed by atoms with Crippen molar-refractivity contribution in [2.45, 2.75) is 26.2 Å². The average molecular weight is 455 g/mol. The zero-order chi connectivity index (χ0) is 22.1. The van der Waals surface area contributed by atoms with E-state index < -0.39 is 0 Å². The molecular formula is C24H23ClN2O3S. The molecule has 1 aliphatic rings. The summed E-state index contributed by atoms with van der Waals surface area (Å²) in [5.41, 5.74) is 3.04. The lowest BCUT2D eigenvalue weighted by Crippen LogP contribution is -2.19. The Labute approximate surface area is 190 Å². The van der Waals surface area contributed by atoms with E-state index >= 15 is 0 Å². The first-order valence-corrected chi connectivity index (χ1v) is 11.2. The van der Waals surface area contributed by atoms with Crippen LogP contribution in [0.2, 0.25) is 5.02 Å². The molecule has 31 heavy (non-hydrogen) atoms. The third kappa shape index (κ3) is 4.45. The lowest BCUT2D eigenvalue weighted by molar-refractivity contribution is -0.117. The fraction of sp³-hybridized carbons (Fsp3) is 0.250. The topological polar surface area (TPSA) is 67.4 Å². The number of benzene rings is 2. The van der Waals surface area contributed by atoms with Gasteiger partial charge in [-0.2, -0.15) is 0 Å². The van der Waals surface area contributed by atoms with Gasteiger partial charge in [0.25, 0.3) is 5.91 Å². The fourth-order valence-electron chi connectivity index (χ4n) is 3.69. The van der Waals surface area contributed by atoms with Gasteiger partial charge in [-0.05, 0) is 61.6 Å². The van der Waals surface area contributed by atoms with Crippen LogP contribution in [0.4, 0.5) is 10.7 Å². The first-order chi connectivity index (χ1) is 14.9. The number of hydrogen-bond acceptors (Lipinski definition) is 4. The second kappa shape index (κ2) is 8.73. The van der Waals surface area contributed by atoms with Crippen molar-refractivity contribution in [2.75, 3.05) is 17.7 Å². The van der Waals surface area contributed by atoms with Gasteiger partial charge in [-0.15, -0.1) is 11.3 Å². The van der Waals surface area contributed by atoms with E-state index in [1.54, 1.807) is 19.2 Å². The van der Waals surface area contributed by atoms with Crippen molar-refractivity contribution in [3.05, 3.63) is 75.1 Å². The highest BCUT2D eigenvalue weighted by molar-refractivity contribution is 7.16. The number of nitrogens with one attached hydrogen (secondary N) is 2. The number of methoxy groups -OCH3 is 1. The van der Waals surface area contributed by atoms with Gasteiger partial charge in [-0.3, -0.25) is 9.59 Å². The number of aryl methyl sites for hydroxylation is 1. The van der Waals surface area contributed by atoms with E-state index in [9.17, 15) is 9.59 Å². The second-order valence-corrected chi connectivity index (χ2v) is 9.29. The molecule has 1 saturated carbocycles. The molecule has 2 aromatic carbocycles. The Bertz CT molecular complexity index is 1140. The van der Waals surface area contributed by atoms with Gasteiger partial charge in [0.15, 0.2) is 0 Å². The monoisotopic (exact) mass is 454 g/mol. The minimum Gasteiger partial charge on any atom is -0.495 e. The van der Waals surface area contributed by atoms with Crippen LogP contribution in [0.3, 0.4) is 0 Å². The number of para-hydroxylation sites is 2. The van der Waals surface area contributed by atoms with Gasteiger partial charge < -0.3 is 15.4 Å². The molecule has 1 heterocycles. The number of hydrogen-bond donors (Lipinski definition) is 2. The van der Waals surface area contributed by atoms with E-state index in [0.29, 0.717) is 27.0 Å². The Balaban J connectivity index is 1.51. The van der Waals surface area contributed by atoms with E-state index in [1.165, 1.54) is 11.3 Å². The van der Waals surface area contributed by atoms with Crippen molar-refractivity contribution < 1.29 is 14.3 Å². The van der Waals surface area contributed by atoms with Crippen molar-refractivity contribution in [3.8, 4) is 5.75 Å². The molecule has 0 radical (unpaired) electrons. The quantitative estimate of drug-likeness (QED) is 0.478. The van der Waals surface area contributed by atoms with Gasteiger partial charge in [-0.25, -0.2) is 0 Å². The molecule has 1 aliphatic carbocycles. The summed E-state index contributed by atoms with van der Waals surface area (Å²) in [6, 6.07) is 14.9. The number of halogens is 1. The molecule has 0 unspecified atom stereocenters. The first-order valence-electron chi connectivity index (χ1n) is 9.99. The summed E-state index contributed by atoms with van der Waals surface area (Å²) in [7, 11) is 1.56. The van der Waals surface area contributed by atoms with E-state index in [-0.39, 0.29) is 23.7 Å². The largest absolute Gasteiger partial charge is 0.495 e. The number of thiophene rings is 1. The van der Waals surface area contributed by atoms with Crippen molar-refractivity contribution in [2.24, 2.45) is 5.92 Å². The predicted octanol–water partition coefficient (Wildman–Crippen LogP) is 6.02. The van der Waals surface area contributed by atoms with Crippen LogP contribution >= 0.6 is 22.9 Å². The van der Waals surface area contributed by atoms with Crippen LogP contribution < -0.4 is 15.4 Å². The Morgan fingerprint density at radius 1 is 1.06 bits per heavy atom. The minimum atomic E-state index is -0.272. The number of rotatable bonds is 6. The maximum Gasteiger partial charge on any atom is 0.259 e. The molecule has 1 aromatic heterocycles. The van der Waals surface area contributed by atoms with E-state index in [0.717, 1.165) is 22.4 Å². The lowest BCUT2D eigenvalue weighted by atomic mass is 10.1. The van der Waals surface area contributed by atoms with Crippen LogP contribution in [0.25, 0.3) is 0 Å². The summed E-state index contributed by atoms with van der Waals surface area (Å²) in [5, 5.41) is 7.17. The smallest absolute Gasteiger partial charge is 0.259 e. The van der Waals surface area contributed by atoms with Crippen molar-refractivity contribution >= 4 is 45.4 Å². The van der Waals surface area contributed by atoms with E-state index in [2.05, 4.69) is 10.6 Å². The minimum absolute atomic E-state index is 0.0625. The number of anilines is 2. The molecule has 1 fully saturated rings. The maximum atomic E-state index is 13.1. The Hall–Kier alpha value is -2.83. The maximum absolute atomic E-state index is 13.1. The molecule has 0 aliphatic heterocycles. The Kier molecular flexibility index (Phi) is 6.03. The third-order valence-corrected chi connectivity index (χ3v) is 7.00. The van der Waals surface area contributed by atoms with Gasteiger partial charge >= 0.3 is 0 Å². The van der Waals surface area contributed by atoms with Crippen molar-refractivity contribution in [1.82, 2.24) is 0 Å². The first kappa shape index (κ1) is 21.4. The standard InChI is InChI=1S/C24H23ClN2O3S/c1-13-14(2)31-24(21(13)23(29)26-19-6-4-5-7-20(19)30-3)27-22(28)18-12-17(18)15-8-10-16(25)11-9-15/h4-11,17-18H,12H2,1-3H3,(H,26,29)(H,27,28)/t17-,18+/m1/s1. The average Bonchev–Trinajstić information content (AvgIpc) is 3.50. The molecule has 0 bridgehead atoms. The molecule has 4 rings (SSSR count). The Morgan fingerprint density at radius 3 is 2.48 bits per heavy atom. The molecule has 2 amide bonds. The van der Waals surface area contributed by atoms with Crippen LogP contribution in [0.15, 0.2) is 48.5 Å². The van der Waals surface area contributed by atoms with Crippen LogP contribution in [0.5, 0.6) is 5.75 Å². The molecule has 2 atom stereocenters. The molecule has 0 saturated heterocycles. The third-order valence-electron chi connectivity index (χ3n) is 5.63. The summed E-state index contributed by atoms with van der Waals surface area (Å²) in [6.07, 6.45) is 0.791. The number of ether oxygens (including phenoxy) is 1. The number of carbonyl (C=O) groups is 2. The van der Waals surface area contributed by atoms with Crippen LogP contribution in [-0.4, -0.2) is 18.9 Å². The van der Waals surface area contributed by atoms with E-state index in [4.69, 9.17) is 16.3 Å². The molecule has 160 valence electrons. The summed E-state index contributed by atoms with van der Waals surface area (Å²) in [4.78, 5) is 27.0. The zero-order valence-corrected chi connectivity index (χ0v) is 19.1. The van der Waals surface area contributed by atoms with Gasteiger partial charge in [0, 0.05) is 15.8 Å². The normalized spacial score (nSPS) is 17.2.